The third-order valence-electron chi connectivity index (χ3n) is 16.9. The van der Waals surface area contributed by atoms with Crippen LogP contribution in [0.5, 0.6) is 0 Å². The third kappa shape index (κ3) is 65.2. The molecule has 0 heterocycles. The first-order chi connectivity index (χ1) is 39.5. The molecule has 6 nitrogen and oxygen atoms in total. The van der Waals surface area contributed by atoms with Crippen molar-refractivity contribution in [3.05, 3.63) is 36.5 Å². The van der Waals surface area contributed by atoms with Gasteiger partial charge in [0.25, 0.3) is 0 Å². The van der Waals surface area contributed by atoms with E-state index in [1.54, 1.807) is 6.08 Å². The van der Waals surface area contributed by atoms with Crippen molar-refractivity contribution in [1.29, 1.82) is 0 Å². The highest BCUT2D eigenvalue weighted by Gasteiger charge is 2.18. The number of amides is 1. The summed E-state index contributed by atoms with van der Waals surface area (Å²) in [6.45, 7) is 4.87. The fourth-order valence-electron chi connectivity index (χ4n) is 11.4. The molecule has 472 valence electrons. The number of hydrogen-bond donors (Lipinski definition) is 3. The Morgan fingerprint density at radius 1 is 0.350 bits per heavy atom. The zero-order chi connectivity index (χ0) is 57.8. The average molecular weight is 1120 g/mol. The molecule has 0 aromatic heterocycles. The molecule has 0 aromatic rings. The predicted octanol–water partition coefficient (Wildman–Crippen LogP) is 23.5. The van der Waals surface area contributed by atoms with Crippen LogP contribution in [0, 0.1) is 0 Å². The van der Waals surface area contributed by atoms with Crippen molar-refractivity contribution >= 4 is 11.9 Å². The van der Waals surface area contributed by atoms with Crippen molar-refractivity contribution in [2.45, 2.75) is 411 Å². The Bertz CT molecular complexity index is 1300. The summed E-state index contributed by atoms with van der Waals surface area (Å²) in [5.74, 6) is -0.0596. The molecule has 0 rings (SSSR count). The van der Waals surface area contributed by atoms with Gasteiger partial charge in [-0.3, -0.25) is 9.59 Å². The van der Waals surface area contributed by atoms with Crippen LogP contribution in [0.3, 0.4) is 0 Å². The summed E-state index contributed by atoms with van der Waals surface area (Å²) >= 11 is 0. The number of hydrogen-bond acceptors (Lipinski definition) is 5. The Morgan fingerprint density at radius 3 is 1.00 bits per heavy atom. The number of carbonyl (C=O) groups is 2. The minimum absolute atomic E-state index is 0.00198. The van der Waals surface area contributed by atoms with Crippen LogP contribution in [0.25, 0.3) is 0 Å². The fraction of sp³-hybridized carbons (Fsp3) is 0.892. The normalized spacial score (nSPS) is 12.7. The molecule has 80 heavy (non-hydrogen) atoms. The molecule has 1 amide bonds. The van der Waals surface area contributed by atoms with Crippen molar-refractivity contribution < 1.29 is 24.5 Å². The molecule has 0 aliphatic carbocycles. The molecule has 2 atom stereocenters. The maximum absolute atomic E-state index is 12.5. The molecule has 0 fully saturated rings. The molecule has 0 spiro atoms. The van der Waals surface area contributed by atoms with E-state index in [0.717, 1.165) is 51.4 Å². The monoisotopic (exact) mass is 1120 g/mol. The standard InChI is InChI=1S/C74H141NO5/c1-3-5-7-9-11-13-15-17-18-19-20-21-22-27-30-33-36-39-43-46-50-54-58-62-66-72(77)71(70-76)75-73(78)67-63-59-55-51-47-44-40-37-34-31-28-25-23-24-26-29-32-35-38-41-45-49-53-57-61-65-69-80-74(79)68-64-60-56-52-48-42-16-14-12-10-8-6-4-2/h8,10,14,16,62,66,71-72,76-77H,3-7,9,11-13,15,17-61,63-65,67-70H2,1-2H3,(H,75,78)/b10-8-,16-14-,66-62+. The Balaban J connectivity index is 3.39. The van der Waals surface area contributed by atoms with E-state index in [1.165, 1.54) is 321 Å². The average Bonchev–Trinajstić information content (AvgIpc) is 3.46. The quantitative estimate of drug-likeness (QED) is 0.0320. The number of rotatable bonds is 68. The molecule has 0 bridgehead atoms. The zero-order valence-corrected chi connectivity index (χ0v) is 54.1. The molecule has 3 N–H and O–H groups in total. The summed E-state index contributed by atoms with van der Waals surface area (Å²) in [6, 6.07) is -0.628. The zero-order valence-electron chi connectivity index (χ0n) is 54.1. The van der Waals surface area contributed by atoms with E-state index in [-0.39, 0.29) is 18.5 Å². The van der Waals surface area contributed by atoms with Gasteiger partial charge < -0.3 is 20.3 Å². The van der Waals surface area contributed by atoms with Crippen molar-refractivity contribution in [2.75, 3.05) is 13.2 Å². The Hall–Kier alpha value is -1.92. The number of aliphatic hydroxyl groups is 2. The Morgan fingerprint density at radius 2 is 0.650 bits per heavy atom. The lowest BCUT2D eigenvalue weighted by molar-refractivity contribution is -0.143. The van der Waals surface area contributed by atoms with Crippen LogP contribution < -0.4 is 5.32 Å². The van der Waals surface area contributed by atoms with Gasteiger partial charge in [0.15, 0.2) is 0 Å². The number of ether oxygens (including phenoxy) is 1. The third-order valence-corrected chi connectivity index (χ3v) is 16.9. The molecule has 0 saturated carbocycles. The van der Waals surface area contributed by atoms with Gasteiger partial charge in [0.05, 0.1) is 25.4 Å². The van der Waals surface area contributed by atoms with Crippen LogP contribution in [-0.4, -0.2) is 47.4 Å². The first-order valence-electron chi connectivity index (χ1n) is 36.3. The smallest absolute Gasteiger partial charge is 0.305 e. The van der Waals surface area contributed by atoms with E-state index in [4.69, 9.17) is 4.74 Å². The molecule has 0 aliphatic rings. The second-order valence-corrected chi connectivity index (χ2v) is 24.9. The summed E-state index contributed by atoms with van der Waals surface area (Å²) in [5.41, 5.74) is 0. The summed E-state index contributed by atoms with van der Waals surface area (Å²) in [6.07, 6.45) is 89.5. The van der Waals surface area contributed by atoms with E-state index >= 15 is 0 Å². The SMILES string of the molecule is CCC/C=C\C/C=C\CCCCCCCC(=O)OCCCCCCCCCCCCCCCCCCCCCCCCCCCCC(=O)NC(CO)C(O)/C=C/CCCCCCCCCCCCCCCCCCCCCCCC. The Labute approximate surface area is 500 Å². The van der Waals surface area contributed by atoms with Gasteiger partial charge in [0.2, 0.25) is 5.91 Å². The molecule has 2 unspecified atom stereocenters. The second-order valence-electron chi connectivity index (χ2n) is 24.9. The van der Waals surface area contributed by atoms with Crippen molar-refractivity contribution in [3.63, 3.8) is 0 Å². The van der Waals surface area contributed by atoms with Crippen LogP contribution in [0.2, 0.25) is 0 Å². The van der Waals surface area contributed by atoms with Gasteiger partial charge in [-0.2, -0.15) is 0 Å². The molecule has 0 aromatic carbocycles. The van der Waals surface area contributed by atoms with Gasteiger partial charge in [-0.15, -0.1) is 0 Å². The van der Waals surface area contributed by atoms with E-state index in [2.05, 4.69) is 43.5 Å². The first kappa shape index (κ1) is 78.1. The molecule has 0 saturated heterocycles. The van der Waals surface area contributed by atoms with Crippen LogP contribution >= 0.6 is 0 Å². The highest BCUT2D eigenvalue weighted by atomic mass is 16.5. The topological polar surface area (TPSA) is 95.9 Å². The minimum Gasteiger partial charge on any atom is -0.466 e. The van der Waals surface area contributed by atoms with Gasteiger partial charge in [-0.05, 0) is 57.8 Å². The lowest BCUT2D eigenvalue weighted by Crippen LogP contribution is -2.45. The molecular weight excluding hydrogens is 983 g/mol. The van der Waals surface area contributed by atoms with Crippen molar-refractivity contribution in [1.82, 2.24) is 5.32 Å². The number of unbranched alkanes of at least 4 members (excludes halogenated alkanes) is 53. The van der Waals surface area contributed by atoms with Gasteiger partial charge in [0, 0.05) is 12.8 Å². The van der Waals surface area contributed by atoms with Crippen molar-refractivity contribution in [3.8, 4) is 0 Å². The van der Waals surface area contributed by atoms with Gasteiger partial charge >= 0.3 is 5.97 Å². The summed E-state index contributed by atoms with van der Waals surface area (Å²) in [5, 5.41) is 23.3. The lowest BCUT2D eigenvalue weighted by atomic mass is 10.0. The largest absolute Gasteiger partial charge is 0.466 e. The number of allylic oxidation sites excluding steroid dienone is 5. The number of carbonyl (C=O) groups excluding carboxylic acids is 2. The molecule has 0 radical (unpaired) electrons. The summed E-state index contributed by atoms with van der Waals surface area (Å²) < 4.78 is 5.48. The summed E-state index contributed by atoms with van der Waals surface area (Å²) in [7, 11) is 0. The van der Waals surface area contributed by atoms with Gasteiger partial charge in [-0.1, -0.05) is 365 Å². The first-order valence-corrected chi connectivity index (χ1v) is 36.3. The maximum Gasteiger partial charge on any atom is 0.305 e. The number of aliphatic hydroxyl groups excluding tert-OH is 2. The molecule has 6 heteroatoms. The summed E-state index contributed by atoms with van der Waals surface area (Å²) in [4.78, 5) is 24.6. The highest BCUT2D eigenvalue weighted by molar-refractivity contribution is 5.76. The van der Waals surface area contributed by atoms with Crippen LogP contribution in [-0.2, 0) is 14.3 Å². The van der Waals surface area contributed by atoms with E-state index in [0.29, 0.717) is 19.4 Å². The highest BCUT2D eigenvalue weighted by Crippen LogP contribution is 2.19. The van der Waals surface area contributed by atoms with E-state index in [9.17, 15) is 19.8 Å². The van der Waals surface area contributed by atoms with Crippen LogP contribution in [0.1, 0.15) is 399 Å². The van der Waals surface area contributed by atoms with Crippen LogP contribution in [0.15, 0.2) is 36.5 Å². The van der Waals surface area contributed by atoms with Gasteiger partial charge in [-0.25, -0.2) is 0 Å². The fourth-order valence-corrected chi connectivity index (χ4v) is 11.4. The molecule has 0 aliphatic heterocycles. The van der Waals surface area contributed by atoms with E-state index in [1.807, 2.05) is 6.08 Å². The second kappa shape index (κ2) is 69.6. The van der Waals surface area contributed by atoms with Crippen LogP contribution in [0.4, 0.5) is 0 Å². The van der Waals surface area contributed by atoms with E-state index < -0.39 is 12.1 Å². The van der Waals surface area contributed by atoms with Gasteiger partial charge in [0.1, 0.15) is 0 Å². The number of nitrogens with one attached hydrogen (secondary N) is 1. The molecular formula is C74H141NO5. The maximum atomic E-state index is 12.5. The number of esters is 1. The Kier molecular flexibility index (Phi) is 67.9. The van der Waals surface area contributed by atoms with Crippen molar-refractivity contribution in [2.24, 2.45) is 0 Å². The minimum atomic E-state index is -0.845. The predicted molar refractivity (Wildman–Crippen MR) is 352 cm³/mol. The lowest BCUT2D eigenvalue weighted by Gasteiger charge is -2.20.